The third-order valence-electron chi connectivity index (χ3n) is 8.06. The Balaban J connectivity index is 0.000000755. The highest BCUT2D eigenvalue weighted by molar-refractivity contribution is 5.79. The Kier molecular flexibility index (Phi) is 5.53. The summed E-state index contributed by atoms with van der Waals surface area (Å²) >= 11 is 0. The van der Waals surface area contributed by atoms with Crippen LogP contribution < -0.4 is 0 Å². The largest absolute Gasteiger partial charge is 0.300 e. The number of Topliss-reactive ketones (excluding diaryl/α,β-unsaturated/α-hetero) is 1. The van der Waals surface area contributed by atoms with E-state index in [2.05, 4.69) is 6.92 Å². The number of ketones is 1. The summed E-state index contributed by atoms with van der Waals surface area (Å²) in [5.41, 5.74) is 0. The summed E-state index contributed by atoms with van der Waals surface area (Å²) in [7, 11) is 0. The molecule has 4 aliphatic rings. The predicted molar refractivity (Wildman–Crippen MR) is 101 cm³/mol. The van der Waals surface area contributed by atoms with Crippen molar-refractivity contribution in [3.05, 3.63) is 0 Å². The van der Waals surface area contributed by atoms with E-state index >= 15 is 0 Å². The van der Waals surface area contributed by atoms with Crippen molar-refractivity contribution in [1.29, 1.82) is 0 Å². The van der Waals surface area contributed by atoms with Crippen LogP contribution in [0.3, 0.4) is 0 Å². The minimum Gasteiger partial charge on any atom is -0.300 e. The molecule has 0 aliphatic heterocycles. The molecule has 8 atom stereocenters. The zero-order valence-electron chi connectivity index (χ0n) is 15.9. The number of carbonyl (C=O) groups excluding carboxylic acids is 1. The van der Waals surface area contributed by atoms with E-state index < -0.39 is 0 Å². The molecule has 1 nitrogen and oxygen atoms in total. The first-order chi connectivity index (χ1) is 11.1. The lowest BCUT2D eigenvalue weighted by molar-refractivity contribution is -0.123. The van der Waals surface area contributed by atoms with Gasteiger partial charge in [-0.25, -0.2) is 0 Å². The van der Waals surface area contributed by atoms with Crippen LogP contribution in [0.2, 0.25) is 0 Å². The van der Waals surface area contributed by atoms with E-state index in [0.717, 1.165) is 41.4 Å². The van der Waals surface area contributed by atoms with Gasteiger partial charge in [0.15, 0.2) is 0 Å². The summed E-state index contributed by atoms with van der Waals surface area (Å²) in [4.78, 5) is 11.9. The molecule has 136 valence electrons. The van der Waals surface area contributed by atoms with Gasteiger partial charge in [-0.2, -0.15) is 0 Å². The first kappa shape index (κ1) is 17.5. The molecule has 0 aromatic carbocycles. The first-order valence-electron chi connectivity index (χ1n) is 10.7. The number of hydrogen-bond acceptors (Lipinski definition) is 1. The first-order valence-corrected chi connectivity index (χ1v) is 10.7. The minimum absolute atomic E-state index is 0. The molecule has 0 radical (unpaired) electrons. The predicted octanol–water partition coefficient (Wildman–Crippen LogP) is 6.61. The van der Waals surface area contributed by atoms with Gasteiger partial charge >= 0.3 is 0 Å². The molecule has 0 amide bonds. The molecule has 4 aliphatic carbocycles. The third kappa shape index (κ3) is 3.14. The van der Waals surface area contributed by atoms with Crippen molar-refractivity contribution >= 4 is 5.78 Å². The molecule has 0 spiro atoms. The van der Waals surface area contributed by atoms with E-state index in [-0.39, 0.29) is 2.85 Å². The van der Waals surface area contributed by atoms with Gasteiger partial charge in [0.05, 0.1) is 0 Å². The molecular formula is C22H42O. The molecule has 4 saturated carbocycles. The van der Waals surface area contributed by atoms with Crippen molar-refractivity contribution in [3.8, 4) is 0 Å². The summed E-state index contributed by atoms with van der Waals surface area (Å²) in [6.45, 7) is 8.31. The molecule has 0 N–H and O–H groups in total. The van der Waals surface area contributed by atoms with Crippen molar-refractivity contribution in [2.75, 3.05) is 0 Å². The van der Waals surface area contributed by atoms with Crippen LogP contribution in [0.1, 0.15) is 88.3 Å². The highest BCUT2D eigenvalue weighted by atomic mass is 16.1. The Morgan fingerprint density at radius 2 is 1.26 bits per heavy atom. The maximum atomic E-state index is 11.9. The summed E-state index contributed by atoms with van der Waals surface area (Å²) in [5, 5.41) is 0. The van der Waals surface area contributed by atoms with Crippen molar-refractivity contribution in [1.82, 2.24) is 0 Å². The third-order valence-corrected chi connectivity index (χ3v) is 8.06. The quantitative estimate of drug-likeness (QED) is 0.531. The molecule has 4 fully saturated rings. The number of rotatable bonds is 1. The van der Waals surface area contributed by atoms with Gasteiger partial charge in [-0.3, -0.25) is 4.79 Å². The molecule has 0 bridgehead atoms. The maximum absolute atomic E-state index is 11.9. The van der Waals surface area contributed by atoms with E-state index in [1.165, 1.54) is 57.8 Å². The molecule has 0 aromatic rings. The van der Waals surface area contributed by atoms with Crippen molar-refractivity contribution < 1.29 is 7.65 Å². The smallest absolute Gasteiger partial charge is 0.133 e. The second kappa shape index (κ2) is 7.28. The lowest BCUT2D eigenvalue weighted by atomic mass is 9.52. The fourth-order valence-electron chi connectivity index (χ4n) is 7.25. The van der Waals surface area contributed by atoms with Crippen molar-refractivity contribution in [3.63, 3.8) is 0 Å². The van der Waals surface area contributed by atoms with Gasteiger partial charge in [-0.05, 0) is 99.7 Å². The van der Waals surface area contributed by atoms with Gasteiger partial charge in [0, 0.05) is 8.77 Å². The Morgan fingerprint density at radius 1 is 0.739 bits per heavy atom. The average molecular weight is 323 g/mol. The van der Waals surface area contributed by atoms with Crippen LogP contribution in [0.5, 0.6) is 0 Å². The summed E-state index contributed by atoms with van der Waals surface area (Å²) in [6, 6.07) is 0. The Morgan fingerprint density at radius 3 is 2.00 bits per heavy atom. The highest BCUT2D eigenvalue weighted by Gasteiger charge is 2.52. The van der Waals surface area contributed by atoms with Crippen LogP contribution in [0.15, 0.2) is 0 Å². The van der Waals surface area contributed by atoms with Crippen LogP contribution in [0, 0.1) is 47.3 Å². The zero-order chi connectivity index (χ0) is 16.6. The standard InChI is InChI=1S/C20H32O.C2H6.2H2/c1-12-3-5-16-14(11-12)4-6-19-18(16)10-9-17-15(13(2)21)7-8-20(17)19;1-2;;/h12,14-20H,3-11H2,1-2H3;1-2H3;2*1H/t12-,14+,15+,16-,17?,18?,19+,20?;;;/m0.../s1. The lowest BCUT2D eigenvalue weighted by Gasteiger charge is -2.53. The van der Waals surface area contributed by atoms with E-state index in [1.807, 2.05) is 20.8 Å². The Bertz CT molecular complexity index is 424. The van der Waals surface area contributed by atoms with Crippen LogP contribution in [-0.2, 0) is 4.79 Å². The summed E-state index contributed by atoms with van der Waals surface area (Å²) in [6.07, 6.45) is 12.9. The molecule has 4 rings (SSSR count). The second-order valence-corrected chi connectivity index (χ2v) is 8.95. The average Bonchev–Trinajstić information content (AvgIpc) is 3.00. The minimum atomic E-state index is 0. The fraction of sp³-hybridized carbons (Fsp3) is 0.955. The number of hydrogen-bond donors (Lipinski definition) is 0. The lowest BCUT2D eigenvalue weighted by Crippen LogP contribution is -2.45. The van der Waals surface area contributed by atoms with Crippen LogP contribution in [0.25, 0.3) is 0 Å². The SMILES string of the molecule is CC.CC(=O)[C@H]1CCC2C1CCC1[C@H]2CC[C@@H]2C[C@@H](C)CC[C@H]12.[HH].[HH]. The molecule has 0 heterocycles. The Labute approximate surface area is 147 Å². The van der Waals surface area contributed by atoms with E-state index in [1.54, 1.807) is 0 Å². The van der Waals surface area contributed by atoms with Gasteiger partial charge in [0.1, 0.15) is 5.78 Å². The maximum Gasteiger partial charge on any atom is 0.133 e. The van der Waals surface area contributed by atoms with Crippen molar-refractivity contribution in [2.45, 2.75) is 85.5 Å². The number of fused-ring (bicyclic) bond motifs is 5. The van der Waals surface area contributed by atoms with Crippen molar-refractivity contribution in [2.24, 2.45) is 47.3 Å². The molecule has 23 heavy (non-hydrogen) atoms. The van der Waals surface area contributed by atoms with Gasteiger partial charge in [-0.1, -0.05) is 27.2 Å². The summed E-state index contributed by atoms with van der Waals surface area (Å²) in [5.74, 6) is 7.70. The topological polar surface area (TPSA) is 17.1 Å². The highest BCUT2D eigenvalue weighted by Crippen LogP contribution is 2.59. The second-order valence-electron chi connectivity index (χ2n) is 8.95. The van der Waals surface area contributed by atoms with E-state index in [4.69, 9.17) is 0 Å². The molecule has 1 heteroatoms. The fourth-order valence-corrected chi connectivity index (χ4v) is 7.25. The molecular weight excluding hydrogens is 280 g/mol. The van der Waals surface area contributed by atoms with Crippen LogP contribution in [0.4, 0.5) is 0 Å². The monoisotopic (exact) mass is 322 g/mol. The van der Waals surface area contributed by atoms with E-state index in [9.17, 15) is 4.79 Å². The zero-order valence-corrected chi connectivity index (χ0v) is 15.9. The van der Waals surface area contributed by atoms with Gasteiger partial charge < -0.3 is 0 Å². The van der Waals surface area contributed by atoms with Crippen LogP contribution >= 0.6 is 0 Å². The van der Waals surface area contributed by atoms with Gasteiger partial charge in [-0.15, -0.1) is 0 Å². The number of carbonyl (C=O) groups is 1. The molecule has 0 aromatic heterocycles. The molecule has 3 unspecified atom stereocenters. The Hall–Kier alpha value is -0.330. The van der Waals surface area contributed by atoms with Gasteiger partial charge in [0.25, 0.3) is 0 Å². The van der Waals surface area contributed by atoms with Crippen LogP contribution in [-0.4, -0.2) is 5.78 Å². The van der Waals surface area contributed by atoms with E-state index in [0.29, 0.717) is 11.7 Å². The normalized spacial score (nSPS) is 48.3. The summed E-state index contributed by atoms with van der Waals surface area (Å²) < 4.78 is 0. The molecule has 0 saturated heterocycles. The van der Waals surface area contributed by atoms with Gasteiger partial charge in [0.2, 0.25) is 0 Å².